The van der Waals surface area contributed by atoms with Gasteiger partial charge >= 0.3 is 5.97 Å². The van der Waals surface area contributed by atoms with Crippen molar-refractivity contribution in [3.05, 3.63) is 166 Å². The molecular weight excluding hydrogens is 682 g/mol. The number of fused-ring (bicyclic) bond motifs is 1. The van der Waals surface area contributed by atoms with Gasteiger partial charge in [0.1, 0.15) is 5.75 Å². The molecule has 0 saturated carbocycles. The van der Waals surface area contributed by atoms with Crippen LogP contribution in [0.15, 0.2) is 127 Å². The summed E-state index contributed by atoms with van der Waals surface area (Å²) >= 11 is 6.63. The maximum absolute atomic E-state index is 13.5. The Bertz CT molecular complexity index is 2180. The third-order valence-corrected chi connectivity index (χ3v) is 10.5. The minimum atomic E-state index is -3.68. The first-order valence-electron chi connectivity index (χ1n) is 16.7. The van der Waals surface area contributed by atoms with Crippen molar-refractivity contribution in [1.82, 2.24) is 9.29 Å². The standard InChI is InChI=1S/C41H40ClN3O5S/c1-44(2)37-16-10-9-15-32(37)28-51(48,49)43-25-23-39-35(24-26-50-34-20-17-31(18-21-34)41(46)47)36-27-33(42)19-22-38(36)45(39)40(29-11-5-3-6-12-29)30-13-7-4-8-14-30/h3-22,27,40,43H,23-26,28H2,1-2H3,(H,46,47). The van der Waals surface area contributed by atoms with Crippen LogP contribution in [0.1, 0.15) is 44.3 Å². The van der Waals surface area contributed by atoms with Gasteiger partial charge in [-0.3, -0.25) is 0 Å². The number of sulfonamides is 1. The molecule has 0 saturated heterocycles. The van der Waals surface area contributed by atoms with Crippen molar-refractivity contribution in [1.29, 1.82) is 0 Å². The molecule has 10 heteroatoms. The van der Waals surface area contributed by atoms with Crippen LogP contribution in [0, 0.1) is 0 Å². The molecule has 0 fully saturated rings. The van der Waals surface area contributed by atoms with Crippen LogP contribution < -0.4 is 14.4 Å². The Morgan fingerprint density at radius 3 is 2.10 bits per heavy atom. The van der Waals surface area contributed by atoms with Gasteiger partial charge < -0.3 is 19.3 Å². The van der Waals surface area contributed by atoms with Crippen LogP contribution in [-0.4, -0.2) is 51.3 Å². The highest BCUT2D eigenvalue weighted by molar-refractivity contribution is 7.88. The summed E-state index contributed by atoms with van der Waals surface area (Å²) in [5, 5.41) is 10.8. The molecule has 2 N–H and O–H groups in total. The molecule has 1 heterocycles. The lowest BCUT2D eigenvalue weighted by atomic mass is 9.97. The van der Waals surface area contributed by atoms with E-state index in [1.807, 2.05) is 97.9 Å². The number of benzene rings is 5. The highest BCUT2D eigenvalue weighted by Crippen LogP contribution is 2.38. The van der Waals surface area contributed by atoms with E-state index in [2.05, 4.69) is 33.6 Å². The Labute approximate surface area is 303 Å². The lowest BCUT2D eigenvalue weighted by Crippen LogP contribution is -2.29. The van der Waals surface area contributed by atoms with Crippen molar-refractivity contribution in [3.63, 3.8) is 0 Å². The van der Waals surface area contributed by atoms with Crippen LogP contribution in [0.2, 0.25) is 5.02 Å². The van der Waals surface area contributed by atoms with Crippen LogP contribution in [0.5, 0.6) is 5.75 Å². The summed E-state index contributed by atoms with van der Waals surface area (Å²) in [7, 11) is 0.114. The topological polar surface area (TPSA) is 101 Å². The molecule has 0 radical (unpaired) electrons. The fourth-order valence-corrected chi connectivity index (χ4v) is 7.97. The van der Waals surface area contributed by atoms with Crippen molar-refractivity contribution in [2.75, 3.05) is 32.1 Å². The second-order valence-electron chi connectivity index (χ2n) is 12.5. The van der Waals surface area contributed by atoms with Gasteiger partial charge in [0.05, 0.1) is 24.0 Å². The van der Waals surface area contributed by atoms with Crippen molar-refractivity contribution >= 4 is 44.2 Å². The van der Waals surface area contributed by atoms with Crippen LogP contribution in [-0.2, 0) is 28.6 Å². The van der Waals surface area contributed by atoms with Gasteiger partial charge in [0.25, 0.3) is 0 Å². The molecule has 262 valence electrons. The minimum absolute atomic E-state index is 0.141. The summed E-state index contributed by atoms with van der Waals surface area (Å²) in [5.74, 6) is -0.585. The van der Waals surface area contributed by atoms with Crippen LogP contribution in [0.25, 0.3) is 10.9 Å². The number of halogens is 1. The van der Waals surface area contributed by atoms with E-state index in [-0.39, 0.29) is 23.9 Å². The number of carbonyl (C=O) groups is 1. The zero-order valence-corrected chi connectivity index (χ0v) is 30.1. The number of rotatable bonds is 15. The average molecular weight is 722 g/mol. The van der Waals surface area contributed by atoms with Crippen molar-refractivity contribution in [2.24, 2.45) is 0 Å². The lowest BCUT2D eigenvalue weighted by molar-refractivity contribution is 0.0697. The smallest absolute Gasteiger partial charge is 0.335 e. The SMILES string of the molecule is CN(C)c1ccccc1CS(=O)(=O)NCCc1c(CCOc2ccc(C(=O)O)cc2)c2cc(Cl)ccc2n1C(c1ccccc1)c1ccccc1. The predicted molar refractivity (Wildman–Crippen MR) is 205 cm³/mol. The molecule has 1 aromatic heterocycles. The number of hydrogen-bond donors (Lipinski definition) is 2. The summed E-state index contributed by atoms with van der Waals surface area (Å²) in [4.78, 5) is 13.3. The summed E-state index contributed by atoms with van der Waals surface area (Å²) in [6.07, 6.45) is 0.902. The van der Waals surface area contributed by atoms with Crippen molar-refractivity contribution in [3.8, 4) is 5.75 Å². The maximum Gasteiger partial charge on any atom is 0.335 e. The molecule has 0 atom stereocenters. The second kappa shape index (κ2) is 15.9. The lowest BCUT2D eigenvalue weighted by Gasteiger charge is -2.25. The summed E-state index contributed by atoms with van der Waals surface area (Å²) in [5.41, 5.74) is 6.86. The maximum atomic E-state index is 13.5. The van der Waals surface area contributed by atoms with E-state index in [9.17, 15) is 18.3 Å². The Morgan fingerprint density at radius 2 is 1.47 bits per heavy atom. The highest BCUT2D eigenvalue weighted by Gasteiger charge is 2.26. The number of para-hydroxylation sites is 1. The summed E-state index contributed by atoms with van der Waals surface area (Å²) in [6, 6.07) is 40.0. The number of hydrogen-bond acceptors (Lipinski definition) is 5. The first-order valence-corrected chi connectivity index (χ1v) is 18.7. The third kappa shape index (κ3) is 8.45. The first-order chi connectivity index (χ1) is 24.6. The number of nitrogens with one attached hydrogen (secondary N) is 1. The quantitative estimate of drug-likeness (QED) is 0.112. The Kier molecular flexibility index (Phi) is 11.1. The van der Waals surface area contributed by atoms with Gasteiger partial charge in [-0.1, -0.05) is 90.5 Å². The fraction of sp³-hybridized carbons (Fsp3) is 0.195. The van der Waals surface area contributed by atoms with Gasteiger partial charge in [-0.2, -0.15) is 0 Å². The molecule has 0 unspecified atom stereocenters. The second-order valence-corrected chi connectivity index (χ2v) is 14.8. The summed E-state index contributed by atoms with van der Waals surface area (Å²) in [6.45, 7) is 0.483. The number of anilines is 1. The molecule has 0 bridgehead atoms. The molecule has 51 heavy (non-hydrogen) atoms. The molecule has 0 amide bonds. The number of nitrogens with zero attached hydrogens (tertiary/aromatic N) is 2. The van der Waals surface area contributed by atoms with Crippen LogP contribution in [0.3, 0.4) is 0 Å². The molecular formula is C41H40ClN3O5S. The molecule has 0 spiro atoms. The molecule has 6 rings (SSSR count). The summed E-state index contributed by atoms with van der Waals surface area (Å²) < 4.78 is 38.3. The first kappa shape index (κ1) is 35.7. The molecule has 5 aromatic carbocycles. The zero-order chi connectivity index (χ0) is 36.0. The zero-order valence-electron chi connectivity index (χ0n) is 28.5. The molecule has 8 nitrogen and oxygen atoms in total. The monoisotopic (exact) mass is 721 g/mol. The Morgan fingerprint density at radius 1 is 0.843 bits per heavy atom. The van der Waals surface area contributed by atoms with Gasteiger partial charge in [-0.15, -0.1) is 0 Å². The number of aromatic carboxylic acids is 1. The van der Waals surface area contributed by atoms with Gasteiger partial charge in [-0.25, -0.2) is 17.9 Å². The van der Waals surface area contributed by atoms with E-state index < -0.39 is 16.0 Å². The van der Waals surface area contributed by atoms with Gasteiger partial charge in [0.2, 0.25) is 10.0 Å². The van der Waals surface area contributed by atoms with Gasteiger partial charge in [-0.05, 0) is 70.8 Å². The van der Waals surface area contributed by atoms with E-state index >= 15 is 0 Å². The third-order valence-electron chi connectivity index (χ3n) is 8.90. The fourth-order valence-electron chi connectivity index (χ4n) is 6.63. The number of carboxylic acids is 1. The largest absolute Gasteiger partial charge is 0.493 e. The highest BCUT2D eigenvalue weighted by atomic mass is 35.5. The van der Waals surface area contributed by atoms with Gasteiger partial charge in [0, 0.05) is 60.8 Å². The normalized spacial score (nSPS) is 11.6. The van der Waals surface area contributed by atoms with E-state index in [1.54, 1.807) is 12.1 Å². The van der Waals surface area contributed by atoms with E-state index in [0.29, 0.717) is 30.2 Å². The number of ether oxygens (including phenoxy) is 1. The van der Waals surface area contributed by atoms with E-state index in [1.165, 1.54) is 12.1 Å². The average Bonchev–Trinajstić information content (AvgIpc) is 3.40. The Balaban J connectivity index is 1.40. The molecule has 0 aliphatic rings. The molecule has 0 aliphatic carbocycles. The van der Waals surface area contributed by atoms with Crippen molar-refractivity contribution in [2.45, 2.75) is 24.6 Å². The Hall–Kier alpha value is -5.09. The van der Waals surface area contributed by atoms with Crippen LogP contribution in [0.4, 0.5) is 5.69 Å². The van der Waals surface area contributed by atoms with Gasteiger partial charge in [0.15, 0.2) is 0 Å². The van der Waals surface area contributed by atoms with E-state index in [0.717, 1.165) is 44.5 Å². The number of aromatic nitrogens is 1. The predicted octanol–water partition coefficient (Wildman–Crippen LogP) is 7.98. The van der Waals surface area contributed by atoms with Crippen LogP contribution >= 0.6 is 11.6 Å². The number of carboxylic acid groups (broad SMARTS) is 1. The van der Waals surface area contributed by atoms with Crippen molar-refractivity contribution < 1.29 is 23.1 Å². The molecule has 0 aliphatic heterocycles. The molecule has 6 aromatic rings. The minimum Gasteiger partial charge on any atom is -0.493 e. The van der Waals surface area contributed by atoms with E-state index in [4.69, 9.17) is 16.3 Å².